The largest absolute Gasteiger partial charge is 0.489 e. The molecule has 0 N–H and O–H groups in total. The lowest BCUT2D eigenvalue weighted by Gasteiger charge is -2.20. The summed E-state index contributed by atoms with van der Waals surface area (Å²) in [4.78, 5) is 17.0. The van der Waals surface area contributed by atoms with Gasteiger partial charge >= 0.3 is 0 Å². The Bertz CT molecular complexity index is 967. The summed E-state index contributed by atoms with van der Waals surface area (Å²) in [5, 5.41) is 0. The monoisotopic (exact) mass is 448 g/mol. The van der Waals surface area contributed by atoms with Crippen molar-refractivity contribution in [3.8, 4) is 11.6 Å². The number of halogens is 3. The molecule has 0 bridgehead atoms. The van der Waals surface area contributed by atoms with Crippen molar-refractivity contribution in [1.82, 2.24) is 4.98 Å². The van der Waals surface area contributed by atoms with E-state index in [9.17, 15) is 18.0 Å². The van der Waals surface area contributed by atoms with Crippen LogP contribution in [0.15, 0.2) is 36.5 Å². The Morgan fingerprint density at radius 1 is 1.28 bits per heavy atom. The van der Waals surface area contributed by atoms with Gasteiger partial charge in [-0.25, -0.2) is 13.8 Å². The Hall–Kier alpha value is -2.77. The predicted molar refractivity (Wildman–Crippen MR) is 114 cm³/mol. The van der Waals surface area contributed by atoms with Gasteiger partial charge in [0.25, 0.3) is 11.8 Å². The molecule has 1 aliphatic carbocycles. The molecule has 1 aliphatic heterocycles. The van der Waals surface area contributed by atoms with Crippen molar-refractivity contribution in [2.45, 2.75) is 51.1 Å². The number of benzene rings is 1. The molecule has 2 aromatic rings. The summed E-state index contributed by atoms with van der Waals surface area (Å²) in [7, 11) is 0. The number of nitrogens with zero attached hydrogens (tertiary/aromatic N) is 2. The van der Waals surface area contributed by atoms with E-state index in [1.807, 2.05) is 36.1 Å². The summed E-state index contributed by atoms with van der Waals surface area (Å²) in [6.45, 7) is 4.45. The number of hydrogen-bond donors (Lipinski definition) is 0. The second-order valence-corrected chi connectivity index (χ2v) is 8.77. The van der Waals surface area contributed by atoms with Gasteiger partial charge in [-0.15, -0.1) is 0 Å². The Morgan fingerprint density at radius 2 is 2.00 bits per heavy atom. The first-order valence-electron chi connectivity index (χ1n) is 10.9. The Balaban J connectivity index is 1.33. The lowest BCUT2D eigenvalue weighted by molar-refractivity contribution is -0.117. The van der Waals surface area contributed by atoms with E-state index in [0.717, 1.165) is 17.7 Å². The maximum Gasteiger partial charge on any atom is 0.255 e. The molecule has 32 heavy (non-hydrogen) atoms. The summed E-state index contributed by atoms with van der Waals surface area (Å²) in [5.41, 5.74) is 1.41. The van der Waals surface area contributed by atoms with Crippen LogP contribution in [0.3, 0.4) is 0 Å². The van der Waals surface area contributed by atoms with Crippen molar-refractivity contribution in [1.29, 1.82) is 0 Å². The number of ether oxygens (including phenoxy) is 2. The van der Waals surface area contributed by atoms with Crippen LogP contribution in [0.4, 0.5) is 18.9 Å². The first-order valence-corrected chi connectivity index (χ1v) is 10.9. The number of Topliss-reactive ketones (excluding diaryl/α,β-unsaturated/α-hetero) is 1. The molecule has 3 atom stereocenters. The van der Waals surface area contributed by atoms with E-state index >= 15 is 0 Å². The van der Waals surface area contributed by atoms with Crippen molar-refractivity contribution in [2.24, 2.45) is 5.92 Å². The van der Waals surface area contributed by atoms with Gasteiger partial charge in [0.15, 0.2) is 0 Å². The van der Waals surface area contributed by atoms with E-state index in [0.29, 0.717) is 25.2 Å². The van der Waals surface area contributed by atoms with Crippen molar-refractivity contribution in [3.63, 3.8) is 0 Å². The number of pyridine rings is 1. The third kappa shape index (κ3) is 5.16. The molecule has 1 saturated carbocycles. The van der Waals surface area contributed by atoms with Gasteiger partial charge < -0.3 is 19.2 Å². The summed E-state index contributed by atoms with van der Waals surface area (Å²) in [6, 6.07) is 9.26. The van der Waals surface area contributed by atoms with Crippen LogP contribution in [-0.2, 0) is 4.79 Å². The van der Waals surface area contributed by atoms with Crippen LogP contribution in [0.2, 0.25) is 0 Å². The highest BCUT2D eigenvalue weighted by Gasteiger charge is 2.57. The number of carbonyl (C=O) groups is 1. The molecule has 2 heterocycles. The molecule has 1 aromatic carbocycles. The lowest BCUT2D eigenvalue weighted by atomic mass is 9.96. The second-order valence-electron chi connectivity index (χ2n) is 8.77. The molecule has 1 saturated heterocycles. The molecule has 2 aliphatic rings. The molecule has 2 fully saturated rings. The fraction of sp³-hybridized carbons (Fsp3) is 0.500. The van der Waals surface area contributed by atoms with Gasteiger partial charge in [-0.3, -0.25) is 0 Å². The average Bonchev–Trinajstić information content (AvgIpc) is 3.12. The van der Waals surface area contributed by atoms with Crippen LogP contribution in [0.1, 0.15) is 44.6 Å². The number of anilines is 1. The molecule has 4 rings (SSSR count). The zero-order valence-electron chi connectivity index (χ0n) is 18.2. The van der Waals surface area contributed by atoms with Crippen molar-refractivity contribution in [2.75, 3.05) is 24.6 Å². The number of aromatic nitrogens is 1. The zero-order chi connectivity index (χ0) is 22.9. The average molecular weight is 448 g/mol. The van der Waals surface area contributed by atoms with Gasteiger partial charge in [0.05, 0.1) is 24.8 Å². The van der Waals surface area contributed by atoms with Crippen LogP contribution in [-0.4, -0.2) is 42.5 Å². The Kier molecular flexibility index (Phi) is 6.31. The van der Waals surface area contributed by atoms with Gasteiger partial charge in [-0.05, 0) is 36.6 Å². The molecule has 5 nitrogen and oxygen atoms in total. The number of hydrogen-bond acceptors (Lipinski definition) is 5. The van der Waals surface area contributed by atoms with E-state index in [2.05, 4.69) is 4.98 Å². The molecule has 172 valence electrons. The topological polar surface area (TPSA) is 51.7 Å². The maximum absolute atomic E-state index is 14.9. The van der Waals surface area contributed by atoms with Gasteiger partial charge in [-0.1, -0.05) is 19.1 Å². The first kappa shape index (κ1) is 22.4. The number of ketones is 1. The van der Waals surface area contributed by atoms with Crippen molar-refractivity contribution < 1.29 is 27.4 Å². The Morgan fingerprint density at radius 3 is 2.66 bits per heavy atom. The highest BCUT2D eigenvalue weighted by atomic mass is 19.3. The smallest absolute Gasteiger partial charge is 0.255 e. The second kappa shape index (κ2) is 9.00. The summed E-state index contributed by atoms with van der Waals surface area (Å²) >= 11 is 0. The minimum atomic E-state index is -2.71. The van der Waals surface area contributed by atoms with E-state index < -0.39 is 17.7 Å². The highest BCUT2D eigenvalue weighted by molar-refractivity contribution is 5.76. The van der Waals surface area contributed by atoms with E-state index in [4.69, 9.17) is 9.47 Å². The minimum absolute atomic E-state index is 0.113. The van der Waals surface area contributed by atoms with Crippen molar-refractivity contribution >= 4 is 11.5 Å². The van der Waals surface area contributed by atoms with Crippen LogP contribution in [0.25, 0.3) is 0 Å². The summed E-state index contributed by atoms with van der Waals surface area (Å²) in [6.07, 6.45) is 2.31. The first-order chi connectivity index (χ1) is 15.2. The minimum Gasteiger partial charge on any atom is -0.489 e. The van der Waals surface area contributed by atoms with Crippen molar-refractivity contribution in [3.05, 3.63) is 47.9 Å². The van der Waals surface area contributed by atoms with Crippen LogP contribution >= 0.6 is 0 Å². The van der Waals surface area contributed by atoms with Crippen LogP contribution in [0, 0.1) is 11.7 Å². The normalized spacial score (nSPS) is 22.5. The number of alkyl halides is 2. The highest BCUT2D eigenvalue weighted by Crippen LogP contribution is 2.48. The lowest BCUT2D eigenvalue weighted by Crippen LogP contribution is -2.25. The van der Waals surface area contributed by atoms with E-state index in [1.165, 1.54) is 6.20 Å². The molecule has 1 aromatic heterocycles. The van der Waals surface area contributed by atoms with Gasteiger partial charge in [0.2, 0.25) is 5.82 Å². The quantitative estimate of drug-likeness (QED) is 0.541. The Labute approximate surface area is 185 Å². The third-order valence-electron chi connectivity index (χ3n) is 6.05. The standard InChI is InChI=1S/C24H27F3N2O3/c1-15(11-16(2)30)17-3-5-19(6-4-17)32-20-8-10-29(13-20)21-7-9-28-23(22(21)25)31-14-18-12-24(18,26)27/h3-7,9,15,18,20H,8,10-14H2,1-2H3/t15-,18?,20-/m1/s1. The molecular weight excluding hydrogens is 421 g/mol. The van der Waals surface area contributed by atoms with Crippen LogP contribution in [0.5, 0.6) is 11.6 Å². The SMILES string of the molecule is CC(=O)C[C@@H](C)c1ccc(O[C@@H]2CCN(c3ccnc(OCC4CC4(F)F)c3F)C2)cc1. The van der Waals surface area contributed by atoms with Gasteiger partial charge in [0, 0.05) is 32.0 Å². The van der Waals surface area contributed by atoms with Crippen LogP contribution < -0.4 is 14.4 Å². The van der Waals surface area contributed by atoms with E-state index in [-0.39, 0.29) is 36.7 Å². The summed E-state index contributed by atoms with van der Waals surface area (Å²) in [5.74, 6) is -3.43. The van der Waals surface area contributed by atoms with E-state index in [1.54, 1.807) is 13.0 Å². The third-order valence-corrected chi connectivity index (χ3v) is 6.05. The maximum atomic E-state index is 14.9. The zero-order valence-corrected chi connectivity index (χ0v) is 18.2. The molecule has 0 spiro atoms. The molecule has 0 radical (unpaired) electrons. The van der Waals surface area contributed by atoms with Gasteiger partial charge in [0.1, 0.15) is 17.6 Å². The molecule has 0 amide bonds. The molecular formula is C24H27F3N2O3. The molecule has 1 unspecified atom stereocenters. The predicted octanol–water partition coefficient (Wildman–Crippen LogP) is 5.00. The van der Waals surface area contributed by atoms with Gasteiger partial charge in [-0.2, -0.15) is 4.39 Å². The number of rotatable bonds is 9. The summed E-state index contributed by atoms with van der Waals surface area (Å²) < 4.78 is 52.2. The molecule has 8 heteroatoms. The fourth-order valence-electron chi connectivity index (χ4n) is 4.05. The fourth-order valence-corrected chi connectivity index (χ4v) is 4.05. The number of carbonyl (C=O) groups excluding carboxylic acids is 1.